The Morgan fingerprint density at radius 1 is 1.19 bits per heavy atom. The van der Waals surface area contributed by atoms with Crippen LogP contribution in [0.1, 0.15) is 20.8 Å². The first-order chi connectivity index (χ1) is 7.38. The first-order valence-electron chi connectivity index (χ1n) is 5.31. The number of ether oxygens (including phenoxy) is 1. The number of aryl methyl sites for hydroxylation is 1. The van der Waals surface area contributed by atoms with Gasteiger partial charge in [-0.25, -0.2) is 0 Å². The van der Waals surface area contributed by atoms with Crippen LogP contribution in [0.15, 0.2) is 24.4 Å². The highest BCUT2D eigenvalue weighted by Crippen LogP contribution is 2.34. The fourth-order valence-electron chi connectivity index (χ4n) is 1.70. The molecule has 1 aromatic carbocycles. The van der Waals surface area contributed by atoms with Crippen LogP contribution >= 0.6 is 11.6 Å². The van der Waals surface area contributed by atoms with Crippen molar-refractivity contribution in [3.8, 4) is 5.75 Å². The molecule has 0 unspecified atom stereocenters. The minimum absolute atomic E-state index is 0.230. The third-order valence-electron chi connectivity index (χ3n) is 2.38. The number of hydrogen-bond acceptors (Lipinski definition) is 1. The lowest BCUT2D eigenvalue weighted by Crippen LogP contribution is -2.23. The Morgan fingerprint density at radius 2 is 1.88 bits per heavy atom. The van der Waals surface area contributed by atoms with Gasteiger partial charge < -0.3 is 9.30 Å². The van der Waals surface area contributed by atoms with Crippen molar-refractivity contribution < 1.29 is 4.74 Å². The van der Waals surface area contributed by atoms with Gasteiger partial charge in [0, 0.05) is 24.1 Å². The van der Waals surface area contributed by atoms with Crippen molar-refractivity contribution in [2.75, 3.05) is 0 Å². The van der Waals surface area contributed by atoms with Crippen LogP contribution in [0.4, 0.5) is 0 Å². The van der Waals surface area contributed by atoms with Gasteiger partial charge in [0.25, 0.3) is 0 Å². The van der Waals surface area contributed by atoms with Gasteiger partial charge in [-0.2, -0.15) is 0 Å². The van der Waals surface area contributed by atoms with E-state index in [2.05, 4.69) is 0 Å². The monoisotopic (exact) mass is 237 g/mol. The standard InChI is InChI=1S/C13H16ClNO/c1-13(2,3)16-11-6-5-10-9(12(11)14)7-8-15(10)4/h5-8H,1-4H3. The van der Waals surface area contributed by atoms with Crippen LogP contribution in [0.2, 0.25) is 5.02 Å². The normalized spacial score (nSPS) is 12.1. The van der Waals surface area contributed by atoms with E-state index in [1.165, 1.54) is 0 Å². The van der Waals surface area contributed by atoms with Gasteiger partial charge in [-0.15, -0.1) is 0 Å². The van der Waals surface area contributed by atoms with E-state index >= 15 is 0 Å². The molecule has 1 aromatic heterocycles. The van der Waals surface area contributed by atoms with E-state index in [0.29, 0.717) is 5.02 Å². The topological polar surface area (TPSA) is 14.2 Å². The summed E-state index contributed by atoms with van der Waals surface area (Å²) in [6, 6.07) is 5.96. The van der Waals surface area contributed by atoms with Crippen LogP contribution in [-0.2, 0) is 7.05 Å². The smallest absolute Gasteiger partial charge is 0.139 e. The second-order valence-electron chi connectivity index (χ2n) is 4.95. The zero-order valence-electron chi connectivity index (χ0n) is 10.0. The third-order valence-corrected chi connectivity index (χ3v) is 2.77. The van der Waals surface area contributed by atoms with Gasteiger partial charge in [0.15, 0.2) is 0 Å². The molecule has 16 heavy (non-hydrogen) atoms. The quantitative estimate of drug-likeness (QED) is 0.731. The second-order valence-corrected chi connectivity index (χ2v) is 5.33. The Hall–Kier alpha value is -1.15. The molecule has 0 saturated heterocycles. The summed E-state index contributed by atoms with van der Waals surface area (Å²) in [4.78, 5) is 0. The van der Waals surface area contributed by atoms with E-state index in [4.69, 9.17) is 16.3 Å². The average Bonchev–Trinajstić information content (AvgIpc) is 2.52. The zero-order valence-corrected chi connectivity index (χ0v) is 10.8. The number of nitrogens with zero attached hydrogens (tertiary/aromatic N) is 1. The van der Waals surface area contributed by atoms with E-state index in [1.807, 2.05) is 56.8 Å². The predicted octanol–water partition coefficient (Wildman–Crippen LogP) is 4.01. The largest absolute Gasteiger partial charge is 0.487 e. The van der Waals surface area contributed by atoms with E-state index in [9.17, 15) is 0 Å². The van der Waals surface area contributed by atoms with Crippen LogP contribution in [-0.4, -0.2) is 10.2 Å². The molecular formula is C13H16ClNO. The highest BCUT2D eigenvalue weighted by molar-refractivity contribution is 6.36. The van der Waals surface area contributed by atoms with Crippen LogP contribution < -0.4 is 4.74 Å². The fraction of sp³-hybridized carbons (Fsp3) is 0.385. The Balaban J connectivity index is 2.53. The number of hydrogen-bond donors (Lipinski definition) is 0. The lowest BCUT2D eigenvalue weighted by molar-refractivity contribution is 0.131. The highest BCUT2D eigenvalue weighted by atomic mass is 35.5. The molecule has 0 fully saturated rings. The molecule has 86 valence electrons. The van der Waals surface area contributed by atoms with Gasteiger partial charge in [-0.05, 0) is 39.0 Å². The SMILES string of the molecule is Cn1ccc2c(Cl)c(OC(C)(C)C)ccc21. The summed E-state index contributed by atoms with van der Waals surface area (Å²) >= 11 is 6.32. The fourth-order valence-corrected chi connectivity index (χ4v) is 1.97. The van der Waals surface area contributed by atoms with Gasteiger partial charge in [0.1, 0.15) is 11.4 Å². The average molecular weight is 238 g/mol. The van der Waals surface area contributed by atoms with Crippen molar-refractivity contribution in [2.45, 2.75) is 26.4 Å². The van der Waals surface area contributed by atoms with Crippen LogP contribution in [0.3, 0.4) is 0 Å². The molecule has 2 rings (SSSR count). The molecule has 0 N–H and O–H groups in total. The molecule has 0 aliphatic carbocycles. The van der Waals surface area contributed by atoms with Crippen molar-refractivity contribution in [1.82, 2.24) is 4.57 Å². The number of halogens is 1. The summed E-state index contributed by atoms with van der Waals surface area (Å²) in [5.74, 6) is 0.743. The van der Waals surface area contributed by atoms with Gasteiger partial charge in [0.05, 0.1) is 5.02 Å². The maximum Gasteiger partial charge on any atom is 0.139 e. The molecule has 0 saturated carbocycles. The molecule has 0 atom stereocenters. The number of fused-ring (bicyclic) bond motifs is 1. The van der Waals surface area contributed by atoms with E-state index in [0.717, 1.165) is 16.7 Å². The van der Waals surface area contributed by atoms with Crippen molar-refractivity contribution >= 4 is 22.5 Å². The summed E-state index contributed by atoms with van der Waals surface area (Å²) < 4.78 is 7.85. The Morgan fingerprint density at radius 3 is 2.50 bits per heavy atom. The number of benzene rings is 1. The summed E-state index contributed by atoms with van der Waals surface area (Å²) in [5, 5.41) is 1.72. The van der Waals surface area contributed by atoms with E-state index in [-0.39, 0.29) is 5.60 Å². The molecular weight excluding hydrogens is 222 g/mol. The van der Waals surface area contributed by atoms with E-state index in [1.54, 1.807) is 0 Å². The number of aromatic nitrogens is 1. The van der Waals surface area contributed by atoms with Gasteiger partial charge in [-0.1, -0.05) is 11.6 Å². The number of rotatable bonds is 1. The lowest BCUT2D eigenvalue weighted by atomic mass is 10.2. The van der Waals surface area contributed by atoms with Crippen LogP contribution in [0.25, 0.3) is 10.9 Å². The molecule has 0 spiro atoms. The Labute approximate surface area is 101 Å². The Kier molecular flexibility index (Phi) is 2.62. The maximum absolute atomic E-state index is 6.32. The van der Waals surface area contributed by atoms with Crippen molar-refractivity contribution in [2.24, 2.45) is 7.05 Å². The molecule has 0 aliphatic heterocycles. The van der Waals surface area contributed by atoms with Crippen LogP contribution in [0.5, 0.6) is 5.75 Å². The summed E-state index contributed by atoms with van der Waals surface area (Å²) in [5.41, 5.74) is 0.887. The Bertz CT molecular complexity index is 522. The summed E-state index contributed by atoms with van der Waals surface area (Å²) in [7, 11) is 2.00. The molecule has 2 aromatic rings. The molecule has 0 bridgehead atoms. The minimum Gasteiger partial charge on any atom is -0.487 e. The van der Waals surface area contributed by atoms with Gasteiger partial charge in [-0.3, -0.25) is 0 Å². The van der Waals surface area contributed by atoms with Gasteiger partial charge in [0.2, 0.25) is 0 Å². The van der Waals surface area contributed by atoms with Gasteiger partial charge >= 0.3 is 0 Å². The van der Waals surface area contributed by atoms with Crippen molar-refractivity contribution in [1.29, 1.82) is 0 Å². The second kappa shape index (κ2) is 3.70. The third kappa shape index (κ3) is 2.03. The first-order valence-corrected chi connectivity index (χ1v) is 5.69. The zero-order chi connectivity index (χ0) is 11.9. The molecule has 3 heteroatoms. The van der Waals surface area contributed by atoms with Crippen molar-refractivity contribution in [3.63, 3.8) is 0 Å². The minimum atomic E-state index is -0.230. The molecule has 0 radical (unpaired) electrons. The molecule has 0 aliphatic rings. The highest BCUT2D eigenvalue weighted by Gasteiger charge is 2.16. The van der Waals surface area contributed by atoms with E-state index < -0.39 is 0 Å². The summed E-state index contributed by atoms with van der Waals surface area (Å²) in [6.45, 7) is 6.04. The molecule has 1 heterocycles. The predicted molar refractivity (Wildman–Crippen MR) is 68.3 cm³/mol. The van der Waals surface area contributed by atoms with Crippen molar-refractivity contribution in [3.05, 3.63) is 29.4 Å². The molecule has 0 amide bonds. The maximum atomic E-state index is 6.32. The molecule has 2 nitrogen and oxygen atoms in total. The van der Waals surface area contributed by atoms with Crippen LogP contribution in [0, 0.1) is 0 Å². The first kappa shape index (κ1) is 11.3. The summed E-state index contributed by atoms with van der Waals surface area (Å²) in [6.07, 6.45) is 2.00. The lowest BCUT2D eigenvalue weighted by Gasteiger charge is -2.22.